The summed E-state index contributed by atoms with van der Waals surface area (Å²) in [5.74, 6) is -0.375. The van der Waals surface area contributed by atoms with Gasteiger partial charge in [-0.05, 0) is 74.1 Å². The van der Waals surface area contributed by atoms with Crippen molar-refractivity contribution in [2.75, 3.05) is 17.2 Å². The van der Waals surface area contributed by atoms with Gasteiger partial charge in [0, 0.05) is 24.3 Å². The molecular formula is C22H25N3O4S. The Morgan fingerprint density at radius 3 is 2.77 bits per heavy atom. The van der Waals surface area contributed by atoms with Gasteiger partial charge < -0.3 is 10.6 Å². The van der Waals surface area contributed by atoms with E-state index in [1.807, 2.05) is 25.1 Å². The zero-order valence-electron chi connectivity index (χ0n) is 16.8. The minimum Gasteiger partial charge on any atom is -0.326 e. The fourth-order valence-electron chi connectivity index (χ4n) is 4.09. The molecular weight excluding hydrogens is 402 g/mol. The highest BCUT2D eigenvalue weighted by molar-refractivity contribution is 7.89. The highest BCUT2D eigenvalue weighted by atomic mass is 32.2. The fraction of sp³-hybridized carbons (Fsp3) is 0.364. The lowest BCUT2D eigenvalue weighted by atomic mass is 10.1. The summed E-state index contributed by atoms with van der Waals surface area (Å²) in [7, 11) is -3.83. The van der Waals surface area contributed by atoms with Gasteiger partial charge >= 0.3 is 0 Å². The number of nitrogens with zero attached hydrogens (tertiary/aromatic N) is 1. The van der Waals surface area contributed by atoms with Crippen molar-refractivity contribution in [3.63, 3.8) is 0 Å². The highest BCUT2D eigenvalue weighted by Gasteiger charge is 2.39. The van der Waals surface area contributed by atoms with Gasteiger partial charge in [-0.1, -0.05) is 12.1 Å². The van der Waals surface area contributed by atoms with E-state index >= 15 is 0 Å². The van der Waals surface area contributed by atoms with Crippen LogP contribution in [-0.4, -0.2) is 37.1 Å². The third-order valence-electron chi connectivity index (χ3n) is 5.60. The van der Waals surface area contributed by atoms with Gasteiger partial charge in [0.05, 0.1) is 4.90 Å². The maximum Gasteiger partial charge on any atom is 0.243 e. The quantitative estimate of drug-likeness (QED) is 0.784. The number of hydrogen-bond acceptors (Lipinski definition) is 4. The van der Waals surface area contributed by atoms with Crippen LogP contribution in [0.5, 0.6) is 0 Å². The number of anilines is 2. The molecule has 0 aliphatic carbocycles. The lowest BCUT2D eigenvalue weighted by Crippen LogP contribution is -2.43. The minimum atomic E-state index is -3.83. The topological polar surface area (TPSA) is 95.6 Å². The van der Waals surface area contributed by atoms with Crippen molar-refractivity contribution in [2.45, 2.75) is 50.0 Å². The maximum absolute atomic E-state index is 13.4. The Morgan fingerprint density at radius 2 is 1.97 bits per heavy atom. The Kier molecular flexibility index (Phi) is 5.62. The first-order valence-electron chi connectivity index (χ1n) is 10.2. The molecule has 0 spiro atoms. The lowest BCUT2D eigenvalue weighted by Gasteiger charge is -2.24. The van der Waals surface area contributed by atoms with Gasteiger partial charge in [0.1, 0.15) is 6.04 Å². The average Bonchev–Trinajstić information content (AvgIpc) is 3.12. The molecule has 4 rings (SSSR count). The molecule has 1 saturated heterocycles. The first-order chi connectivity index (χ1) is 14.3. The largest absolute Gasteiger partial charge is 0.326 e. The molecule has 0 saturated carbocycles. The summed E-state index contributed by atoms with van der Waals surface area (Å²) < 4.78 is 28.0. The number of benzene rings is 2. The van der Waals surface area contributed by atoms with E-state index in [-0.39, 0.29) is 16.7 Å². The predicted octanol–water partition coefficient (Wildman–Crippen LogP) is 3.06. The van der Waals surface area contributed by atoms with E-state index in [1.165, 1.54) is 10.4 Å². The van der Waals surface area contributed by atoms with E-state index in [0.717, 1.165) is 11.1 Å². The van der Waals surface area contributed by atoms with Crippen LogP contribution >= 0.6 is 0 Å². The van der Waals surface area contributed by atoms with Crippen molar-refractivity contribution in [3.8, 4) is 0 Å². The smallest absolute Gasteiger partial charge is 0.243 e. The zero-order valence-corrected chi connectivity index (χ0v) is 17.7. The SMILES string of the molecule is Cc1cccc(NC(=O)[C@@H]2CCCN2S(=O)(=O)c2ccc3c(c2)CCCC(=O)N3)c1. The summed E-state index contributed by atoms with van der Waals surface area (Å²) in [5.41, 5.74) is 3.14. The van der Waals surface area contributed by atoms with Crippen LogP contribution in [0.2, 0.25) is 0 Å². The number of fused-ring (bicyclic) bond motifs is 1. The number of carbonyl (C=O) groups excluding carboxylic acids is 2. The number of rotatable bonds is 4. The number of amides is 2. The monoisotopic (exact) mass is 427 g/mol. The van der Waals surface area contributed by atoms with Crippen LogP contribution in [-0.2, 0) is 26.0 Å². The molecule has 1 atom stereocenters. The van der Waals surface area contributed by atoms with Gasteiger partial charge in [0.2, 0.25) is 21.8 Å². The van der Waals surface area contributed by atoms with Crippen molar-refractivity contribution >= 4 is 33.2 Å². The molecule has 2 aromatic rings. The number of aryl methyl sites for hydroxylation is 2. The summed E-state index contributed by atoms with van der Waals surface area (Å²) in [4.78, 5) is 24.8. The summed E-state index contributed by atoms with van der Waals surface area (Å²) in [5, 5.41) is 5.67. The summed E-state index contributed by atoms with van der Waals surface area (Å²) >= 11 is 0. The summed E-state index contributed by atoms with van der Waals surface area (Å²) in [6.07, 6.45) is 2.84. The first-order valence-corrected chi connectivity index (χ1v) is 11.6. The van der Waals surface area contributed by atoms with Crippen LogP contribution in [0.4, 0.5) is 11.4 Å². The first kappa shape index (κ1) is 20.6. The predicted molar refractivity (Wildman–Crippen MR) is 115 cm³/mol. The van der Waals surface area contributed by atoms with Crippen molar-refractivity contribution in [3.05, 3.63) is 53.6 Å². The molecule has 0 aromatic heterocycles. The van der Waals surface area contributed by atoms with Gasteiger partial charge in [-0.25, -0.2) is 8.42 Å². The van der Waals surface area contributed by atoms with Crippen molar-refractivity contribution in [1.82, 2.24) is 4.31 Å². The van der Waals surface area contributed by atoms with Crippen LogP contribution in [0.3, 0.4) is 0 Å². The Labute approximate surface area is 176 Å². The van der Waals surface area contributed by atoms with Crippen LogP contribution in [0.15, 0.2) is 47.4 Å². The molecule has 2 amide bonds. The Morgan fingerprint density at radius 1 is 1.13 bits per heavy atom. The Bertz CT molecular complexity index is 1100. The molecule has 8 heteroatoms. The maximum atomic E-state index is 13.4. The van der Waals surface area contributed by atoms with Crippen LogP contribution in [0.25, 0.3) is 0 Å². The van der Waals surface area contributed by atoms with Gasteiger partial charge in [-0.2, -0.15) is 4.31 Å². The van der Waals surface area contributed by atoms with Gasteiger partial charge in [0.15, 0.2) is 0 Å². The molecule has 0 bridgehead atoms. The van der Waals surface area contributed by atoms with Crippen molar-refractivity contribution in [2.24, 2.45) is 0 Å². The van der Waals surface area contributed by atoms with E-state index in [4.69, 9.17) is 0 Å². The fourth-order valence-corrected chi connectivity index (χ4v) is 5.79. The molecule has 2 aromatic carbocycles. The molecule has 2 aliphatic heterocycles. The number of nitrogens with one attached hydrogen (secondary N) is 2. The Balaban J connectivity index is 1.58. The molecule has 2 aliphatic rings. The van der Waals surface area contributed by atoms with E-state index in [1.54, 1.807) is 18.2 Å². The van der Waals surface area contributed by atoms with Crippen molar-refractivity contribution < 1.29 is 18.0 Å². The van der Waals surface area contributed by atoms with Gasteiger partial charge in [-0.15, -0.1) is 0 Å². The molecule has 0 unspecified atom stereocenters. The van der Waals surface area contributed by atoms with E-state index < -0.39 is 16.1 Å². The number of sulfonamides is 1. The standard InChI is InChI=1S/C22H25N3O4S/c1-15-5-2-7-17(13-15)23-22(27)20-8-4-12-25(20)30(28,29)18-10-11-19-16(14-18)6-3-9-21(26)24-19/h2,5,7,10-11,13-14,20H,3-4,6,8-9,12H2,1H3,(H,23,27)(H,24,26)/t20-/m0/s1. The third-order valence-corrected chi connectivity index (χ3v) is 7.50. The Hall–Kier alpha value is -2.71. The second-order valence-electron chi connectivity index (χ2n) is 7.85. The molecule has 2 N–H and O–H groups in total. The molecule has 30 heavy (non-hydrogen) atoms. The number of hydrogen-bond donors (Lipinski definition) is 2. The molecule has 2 heterocycles. The lowest BCUT2D eigenvalue weighted by molar-refractivity contribution is -0.119. The van der Waals surface area contributed by atoms with Gasteiger partial charge in [-0.3, -0.25) is 9.59 Å². The van der Waals surface area contributed by atoms with E-state index in [9.17, 15) is 18.0 Å². The number of carbonyl (C=O) groups is 2. The second kappa shape index (κ2) is 8.20. The second-order valence-corrected chi connectivity index (χ2v) is 9.74. The van der Waals surface area contributed by atoms with Crippen LogP contribution < -0.4 is 10.6 Å². The molecule has 158 valence electrons. The van der Waals surface area contributed by atoms with Gasteiger partial charge in [0.25, 0.3) is 0 Å². The molecule has 0 radical (unpaired) electrons. The molecule has 1 fully saturated rings. The van der Waals surface area contributed by atoms with Crippen molar-refractivity contribution in [1.29, 1.82) is 0 Å². The van der Waals surface area contributed by atoms with E-state index in [2.05, 4.69) is 10.6 Å². The minimum absolute atomic E-state index is 0.0585. The summed E-state index contributed by atoms with van der Waals surface area (Å²) in [6.45, 7) is 2.24. The third kappa shape index (κ3) is 4.11. The highest BCUT2D eigenvalue weighted by Crippen LogP contribution is 2.30. The van der Waals surface area contributed by atoms with Crippen LogP contribution in [0, 0.1) is 6.92 Å². The average molecular weight is 428 g/mol. The molecule has 7 nitrogen and oxygen atoms in total. The summed E-state index contributed by atoms with van der Waals surface area (Å²) in [6, 6.07) is 11.5. The zero-order chi connectivity index (χ0) is 21.3. The van der Waals surface area contributed by atoms with Crippen LogP contribution in [0.1, 0.15) is 36.8 Å². The van der Waals surface area contributed by atoms with E-state index in [0.29, 0.717) is 50.0 Å². The normalized spacial score (nSPS) is 19.6.